The summed E-state index contributed by atoms with van der Waals surface area (Å²) in [5.41, 5.74) is 7.41. The van der Waals surface area contributed by atoms with Gasteiger partial charge in [-0.1, -0.05) is 17.7 Å². The number of methoxy groups -OCH3 is 2. The van der Waals surface area contributed by atoms with Crippen LogP contribution in [0.5, 0.6) is 11.5 Å². The molecular weight excluding hydrogens is 394 g/mol. The van der Waals surface area contributed by atoms with E-state index in [1.165, 1.54) is 6.33 Å². The van der Waals surface area contributed by atoms with Gasteiger partial charge in [0.25, 0.3) is 0 Å². The van der Waals surface area contributed by atoms with Crippen molar-refractivity contribution >= 4 is 40.8 Å². The van der Waals surface area contributed by atoms with Crippen molar-refractivity contribution in [1.82, 2.24) is 15.0 Å². The van der Waals surface area contributed by atoms with Gasteiger partial charge >= 0.3 is 0 Å². The topological polar surface area (TPSA) is 111 Å². The standard InChI is InChI=1S/C19H20ClN7O2/c1-27(17(21)24-13-6-4-5-12(20)7-13)19-23-11-22-18(26-19)25-14-8-15(28-2)10-16(9-14)29-3/h4-11H,1-3H3,(H2,21,24)(H,22,23,25,26). The number of aliphatic imine (C=N–C) groups is 1. The molecule has 2 aromatic carbocycles. The number of benzene rings is 2. The van der Waals surface area contributed by atoms with Crippen LogP contribution in [0, 0.1) is 0 Å². The lowest BCUT2D eigenvalue weighted by Gasteiger charge is -2.16. The third-order valence-corrected chi connectivity index (χ3v) is 4.10. The zero-order chi connectivity index (χ0) is 20.8. The Kier molecular flexibility index (Phi) is 6.30. The van der Waals surface area contributed by atoms with Crippen molar-refractivity contribution < 1.29 is 9.47 Å². The molecule has 0 atom stereocenters. The van der Waals surface area contributed by atoms with Crippen molar-refractivity contribution in [3.05, 3.63) is 53.8 Å². The van der Waals surface area contributed by atoms with Gasteiger partial charge in [-0.3, -0.25) is 4.90 Å². The quantitative estimate of drug-likeness (QED) is 0.467. The van der Waals surface area contributed by atoms with E-state index >= 15 is 0 Å². The number of anilines is 3. The summed E-state index contributed by atoms with van der Waals surface area (Å²) in [7, 11) is 4.87. The average Bonchev–Trinajstić information content (AvgIpc) is 2.73. The molecule has 3 N–H and O–H groups in total. The number of aromatic nitrogens is 3. The molecule has 0 unspecified atom stereocenters. The minimum Gasteiger partial charge on any atom is -0.497 e. The van der Waals surface area contributed by atoms with Gasteiger partial charge in [-0.15, -0.1) is 0 Å². The predicted molar refractivity (Wildman–Crippen MR) is 114 cm³/mol. The van der Waals surface area contributed by atoms with Crippen molar-refractivity contribution in [3.63, 3.8) is 0 Å². The van der Waals surface area contributed by atoms with Crippen LogP contribution in [0.1, 0.15) is 0 Å². The second-order valence-electron chi connectivity index (χ2n) is 5.84. The van der Waals surface area contributed by atoms with Crippen LogP contribution in [-0.4, -0.2) is 42.2 Å². The molecule has 0 saturated carbocycles. The molecule has 0 radical (unpaired) electrons. The van der Waals surface area contributed by atoms with Crippen LogP contribution < -0.4 is 25.4 Å². The monoisotopic (exact) mass is 413 g/mol. The SMILES string of the molecule is COc1cc(Nc2ncnc(N(C)C(N)=Nc3cccc(Cl)c3)n2)cc(OC)c1. The summed E-state index contributed by atoms with van der Waals surface area (Å²) in [6.07, 6.45) is 1.38. The first-order valence-electron chi connectivity index (χ1n) is 8.51. The maximum Gasteiger partial charge on any atom is 0.236 e. The summed E-state index contributed by atoms with van der Waals surface area (Å²) in [6, 6.07) is 12.4. The maximum absolute atomic E-state index is 6.09. The normalized spacial score (nSPS) is 11.1. The number of nitrogens with zero attached hydrogens (tertiary/aromatic N) is 5. The van der Waals surface area contributed by atoms with E-state index in [0.717, 1.165) is 0 Å². The van der Waals surface area contributed by atoms with Crippen LogP contribution in [0.3, 0.4) is 0 Å². The molecular formula is C19H20ClN7O2. The minimum absolute atomic E-state index is 0.201. The summed E-state index contributed by atoms with van der Waals surface area (Å²) in [4.78, 5) is 18.6. The minimum atomic E-state index is 0.201. The van der Waals surface area contributed by atoms with Crippen LogP contribution in [0.4, 0.5) is 23.3 Å². The van der Waals surface area contributed by atoms with Crippen LogP contribution in [-0.2, 0) is 0 Å². The van der Waals surface area contributed by atoms with Crippen molar-refractivity contribution in [2.75, 3.05) is 31.5 Å². The lowest BCUT2D eigenvalue weighted by molar-refractivity contribution is 0.395. The highest BCUT2D eigenvalue weighted by Gasteiger charge is 2.11. The third kappa shape index (κ3) is 5.23. The fraction of sp³-hybridized carbons (Fsp3) is 0.158. The van der Waals surface area contributed by atoms with Gasteiger partial charge in [-0.2, -0.15) is 4.98 Å². The molecule has 0 bridgehead atoms. The Morgan fingerprint density at radius 1 is 1.10 bits per heavy atom. The van der Waals surface area contributed by atoms with Gasteiger partial charge in [0.15, 0.2) is 0 Å². The average molecular weight is 414 g/mol. The maximum atomic E-state index is 6.09. The fourth-order valence-electron chi connectivity index (χ4n) is 2.37. The first-order valence-corrected chi connectivity index (χ1v) is 8.89. The number of hydrogen-bond donors (Lipinski definition) is 2. The Balaban J connectivity index is 1.82. The Hall–Kier alpha value is -3.59. The van der Waals surface area contributed by atoms with Gasteiger partial charge in [-0.05, 0) is 18.2 Å². The second-order valence-corrected chi connectivity index (χ2v) is 6.28. The van der Waals surface area contributed by atoms with E-state index < -0.39 is 0 Å². The van der Waals surface area contributed by atoms with E-state index in [9.17, 15) is 0 Å². The highest BCUT2D eigenvalue weighted by Crippen LogP contribution is 2.27. The molecule has 1 aromatic heterocycles. The van der Waals surface area contributed by atoms with E-state index in [1.807, 2.05) is 0 Å². The highest BCUT2D eigenvalue weighted by atomic mass is 35.5. The third-order valence-electron chi connectivity index (χ3n) is 3.86. The van der Waals surface area contributed by atoms with E-state index in [-0.39, 0.29) is 5.96 Å². The van der Waals surface area contributed by atoms with Gasteiger partial charge in [0.1, 0.15) is 17.8 Å². The predicted octanol–water partition coefficient (Wildman–Crippen LogP) is 3.37. The summed E-state index contributed by atoms with van der Waals surface area (Å²) in [5.74, 6) is 2.12. The van der Waals surface area contributed by atoms with E-state index in [0.29, 0.717) is 39.8 Å². The first kappa shape index (κ1) is 20.2. The molecule has 0 aliphatic carbocycles. The fourth-order valence-corrected chi connectivity index (χ4v) is 2.56. The number of nitrogens with one attached hydrogen (secondary N) is 1. The Bertz CT molecular complexity index is 1010. The van der Waals surface area contributed by atoms with Gasteiger partial charge < -0.3 is 20.5 Å². The summed E-state index contributed by atoms with van der Waals surface area (Å²) in [6.45, 7) is 0. The Labute approximate surface area is 173 Å². The molecule has 10 heteroatoms. The van der Waals surface area contributed by atoms with E-state index in [1.54, 1.807) is 68.6 Å². The molecule has 3 aromatic rings. The van der Waals surface area contributed by atoms with Crippen molar-refractivity contribution in [2.45, 2.75) is 0 Å². The largest absolute Gasteiger partial charge is 0.497 e. The number of halogens is 1. The summed E-state index contributed by atoms with van der Waals surface area (Å²) < 4.78 is 10.5. The number of ether oxygens (including phenoxy) is 2. The molecule has 0 saturated heterocycles. The number of rotatable bonds is 6. The number of nitrogens with two attached hydrogens (primary N) is 1. The first-order chi connectivity index (χ1) is 14.0. The summed E-state index contributed by atoms with van der Waals surface area (Å²) >= 11 is 5.98. The smallest absolute Gasteiger partial charge is 0.236 e. The Morgan fingerprint density at radius 2 is 1.83 bits per heavy atom. The van der Waals surface area contributed by atoms with Gasteiger partial charge in [-0.25, -0.2) is 15.0 Å². The van der Waals surface area contributed by atoms with Crippen molar-refractivity contribution in [2.24, 2.45) is 10.7 Å². The molecule has 150 valence electrons. The molecule has 0 aliphatic rings. The zero-order valence-corrected chi connectivity index (χ0v) is 16.9. The zero-order valence-electron chi connectivity index (χ0n) is 16.1. The van der Waals surface area contributed by atoms with Gasteiger partial charge in [0.2, 0.25) is 17.9 Å². The van der Waals surface area contributed by atoms with Crippen LogP contribution in [0.2, 0.25) is 5.02 Å². The van der Waals surface area contributed by atoms with Crippen molar-refractivity contribution in [1.29, 1.82) is 0 Å². The lowest BCUT2D eigenvalue weighted by atomic mass is 10.3. The highest BCUT2D eigenvalue weighted by molar-refractivity contribution is 6.30. The number of hydrogen-bond acceptors (Lipinski definition) is 7. The van der Waals surface area contributed by atoms with Crippen LogP contribution >= 0.6 is 11.6 Å². The molecule has 3 rings (SSSR count). The summed E-state index contributed by atoms with van der Waals surface area (Å²) in [5, 5.41) is 3.67. The van der Waals surface area contributed by atoms with Gasteiger partial charge in [0, 0.05) is 36.0 Å². The second kappa shape index (κ2) is 9.07. The molecule has 29 heavy (non-hydrogen) atoms. The molecule has 0 fully saturated rings. The molecule has 9 nitrogen and oxygen atoms in total. The molecule has 1 heterocycles. The Morgan fingerprint density at radius 3 is 2.48 bits per heavy atom. The van der Waals surface area contributed by atoms with E-state index in [4.69, 9.17) is 26.8 Å². The number of guanidine groups is 1. The van der Waals surface area contributed by atoms with Crippen LogP contribution in [0.25, 0.3) is 0 Å². The van der Waals surface area contributed by atoms with Crippen molar-refractivity contribution in [3.8, 4) is 11.5 Å². The van der Waals surface area contributed by atoms with Gasteiger partial charge in [0.05, 0.1) is 19.9 Å². The molecule has 0 spiro atoms. The lowest BCUT2D eigenvalue weighted by Crippen LogP contribution is -2.35. The van der Waals surface area contributed by atoms with E-state index in [2.05, 4.69) is 25.3 Å². The molecule has 0 aliphatic heterocycles. The van der Waals surface area contributed by atoms with Crippen LogP contribution in [0.15, 0.2) is 53.8 Å². The molecule has 0 amide bonds.